The van der Waals surface area contributed by atoms with Crippen molar-refractivity contribution in [1.29, 1.82) is 5.26 Å². The van der Waals surface area contributed by atoms with Gasteiger partial charge in [-0.25, -0.2) is 9.97 Å². The normalized spacial score (nSPS) is 39.3. The van der Waals surface area contributed by atoms with E-state index in [-0.39, 0.29) is 0 Å². The van der Waals surface area contributed by atoms with Crippen molar-refractivity contribution in [3.05, 3.63) is 23.3 Å². The lowest BCUT2D eigenvalue weighted by molar-refractivity contribution is -0.00332. The van der Waals surface area contributed by atoms with Crippen molar-refractivity contribution >= 4 is 0 Å². The Morgan fingerprint density at radius 2 is 1.68 bits per heavy atom. The summed E-state index contributed by atoms with van der Waals surface area (Å²) in [6.07, 6.45) is 8.49. The number of hydrogen-bond acceptors (Lipinski definition) is 3. The Labute approximate surface area is 114 Å². The van der Waals surface area contributed by atoms with Crippen LogP contribution >= 0.6 is 0 Å². The maximum atomic E-state index is 9.36. The number of nitriles is 1. The van der Waals surface area contributed by atoms with Crippen molar-refractivity contribution in [2.75, 3.05) is 0 Å². The van der Waals surface area contributed by atoms with Gasteiger partial charge in [0.05, 0.1) is 0 Å². The summed E-state index contributed by atoms with van der Waals surface area (Å²) in [6.45, 7) is 2.04. The molecule has 0 saturated heterocycles. The van der Waals surface area contributed by atoms with Crippen LogP contribution in [0.3, 0.4) is 0 Å². The summed E-state index contributed by atoms with van der Waals surface area (Å²) >= 11 is 0. The lowest BCUT2D eigenvalue weighted by Crippen LogP contribution is -2.44. The monoisotopic (exact) mass is 253 g/mol. The predicted octanol–water partition coefficient (Wildman–Crippen LogP) is 3.20. The van der Waals surface area contributed by atoms with E-state index in [1.54, 1.807) is 0 Å². The standard InChI is InChI=1S/C16H19N3/c1-9-15(14(7-17)19-8-18-9)16-12-3-10-2-11(5-12)6-13(16)4-10/h8,10-13,16H,2-6H2,1H3. The molecule has 19 heavy (non-hydrogen) atoms. The van der Waals surface area contributed by atoms with Crippen molar-refractivity contribution in [1.82, 2.24) is 9.97 Å². The third-order valence-corrected chi connectivity index (χ3v) is 5.75. The van der Waals surface area contributed by atoms with Crippen LogP contribution in [0, 0.1) is 41.9 Å². The summed E-state index contributed by atoms with van der Waals surface area (Å²) in [5.41, 5.74) is 2.84. The summed E-state index contributed by atoms with van der Waals surface area (Å²) in [5, 5.41) is 9.36. The number of hydrogen-bond donors (Lipinski definition) is 0. The van der Waals surface area contributed by atoms with Gasteiger partial charge in [-0.1, -0.05) is 0 Å². The zero-order valence-corrected chi connectivity index (χ0v) is 11.3. The topological polar surface area (TPSA) is 49.6 Å². The molecule has 0 atom stereocenters. The van der Waals surface area contributed by atoms with E-state index in [1.807, 2.05) is 6.92 Å². The van der Waals surface area contributed by atoms with Gasteiger partial charge in [-0.3, -0.25) is 0 Å². The van der Waals surface area contributed by atoms with Gasteiger partial charge >= 0.3 is 0 Å². The Balaban J connectivity index is 1.79. The molecule has 0 N–H and O–H groups in total. The van der Waals surface area contributed by atoms with Crippen LogP contribution in [-0.4, -0.2) is 9.97 Å². The van der Waals surface area contributed by atoms with Crippen LogP contribution < -0.4 is 0 Å². The van der Waals surface area contributed by atoms with Crippen LogP contribution in [0.4, 0.5) is 0 Å². The van der Waals surface area contributed by atoms with E-state index in [0.717, 1.165) is 29.4 Å². The smallest absolute Gasteiger partial charge is 0.147 e. The molecule has 0 aromatic carbocycles. The maximum absolute atomic E-state index is 9.36. The first kappa shape index (κ1) is 11.4. The highest BCUT2D eigenvalue weighted by Crippen LogP contribution is 2.60. The zero-order valence-electron chi connectivity index (χ0n) is 11.3. The molecule has 4 aliphatic rings. The van der Waals surface area contributed by atoms with Crippen molar-refractivity contribution < 1.29 is 0 Å². The highest BCUT2D eigenvalue weighted by atomic mass is 14.8. The minimum absolute atomic E-state index is 0.559. The molecule has 0 aliphatic heterocycles. The molecule has 1 heterocycles. The summed E-state index contributed by atoms with van der Waals surface area (Å²) in [4.78, 5) is 8.58. The van der Waals surface area contributed by atoms with Crippen LogP contribution in [-0.2, 0) is 0 Å². The zero-order chi connectivity index (χ0) is 13.0. The molecule has 3 heteroatoms. The molecular formula is C16H19N3. The van der Waals surface area contributed by atoms with Crippen LogP contribution in [0.2, 0.25) is 0 Å². The Kier molecular flexibility index (Phi) is 2.42. The maximum Gasteiger partial charge on any atom is 0.147 e. The molecule has 4 saturated carbocycles. The minimum Gasteiger partial charge on any atom is -0.241 e. The molecule has 98 valence electrons. The van der Waals surface area contributed by atoms with Gasteiger partial charge in [-0.05, 0) is 68.6 Å². The van der Waals surface area contributed by atoms with Crippen LogP contribution in [0.15, 0.2) is 6.33 Å². The molecule has 1 aromatic heterocycles. The summed E-state index contributed by atoms with van der Waals surface area (Å²) < 4.78 is 0. The molecule has 0 unspecified atom stereocenters. The average molecular weight is 253 g/mol. The van der Waals surface area contributed by atoms with Gasteiger partial charge in [0.15, 0.2) is 0 Å². The van der Waals surface area contributed by atoms with Gasteiger partial charge in [0.2, 0.25) is 0 Å². The second-order valence-electron chi connectivity index (χ2n) is 6.79. The first-order chi connectivity index (χ1) is 9.26. The van der Waals surface area contributed by atoms with Crippen LogP contribution in [0.1, 0.15) is 55.0 Å². The lowest BCUT2D eigenvalue weighted by atomic mass is 9.50. The summed E-state index contributed by atoms with van der Waals surface area (Å²) in [6, 6.07) is 2.29. The van der Waals surface area contributed by atoms with Gasteiger partial charge in [0.1, 0.15) is 18.1 Å². The fourth-order valence-electron chi connectivity index (χ4n) is 5.37. The molecule has 4 bridgehead atoms. The number of rotatable bonds is 1. The van der Waals surface area contributed by atoms with Crippen LogP contribution in [0.5, 0.6) is 0 Å². The van der Waals surface area contributed by atoms with E-state index in [2.05, 4.69) is 16.0 Å². The lowest BCUT2D eigenvalue weighted by Gasteiger charge is -2.54. The van der Waals surface area contributed by atoms with Gasteiger partial charge in [0.25, 0.3) is 0 Å². The van der Waals surface area contributed by atoms with Gasteiger partial charge < -0.3 is 0 Å². The summed E-state index contributed by atoms with van der Waals surface area (Å²) in [5.74, 6) is 4.06. The van der Waals surface area contributed by atoms with Gasteiger partial charge in [0, 0.05) is 11.3 Å². The molecule has 1 aromatic rings. The van der Waals surface area contributed by atoms with Crippen molar-refractivity contribution in [2.45, 2.75) is 44.9 Å². The molecule has 4 aliphatic carbocycles. The first-order valence-electron chi connectivity index (χ1n) is 7.48. The second-order valence-corrected chi connectivity index (χ2v) is 6.79. The van der Waals surface area contributed by atoms with Crippen molar-refractivity contribution in [3.8, 4) is 6.07 Å². The summed E-state index contributed by atoms with van der Waals surface area (Å²) in [7, 11) is 0. The molecule has 4 fully saturated rings. The number of aromatic nitrogens is 2. The van der Waals surface area contributed by atoms with Crippen molar-refractivity contribution in [3.63, 3.8) is 0 Å². The van der Waals surface area contributed by atoms with E-state index < -0.39 is 0 Å². The Morgan fingerprint density at radius 1 is 1.05 bits per heavy atom. The molecule has 0 spiro atoms. The first-order valence-corrected chi connectivity index (χ1v) is 7.48. The van der Waals surface area contributed by atoms with E-state index in [9.17, 15) is 5.26 Å². The number of aryl methyl sites for hydroxylation is 1. The highest BCUT2D eigenvalue weighted by Gasteiger charge is 2.49. The fraction of sp³-hybridized carbons (Fsp3) is 0.688. The molecule has 5 rings (SSSR count). The third-order valence-electron chi connectivity index (χ3n) is 5.75. The molecule has 3 nitrogen and oxygen atoms in total. The molecule has 0 amide bonds. The molecule has 0 radical (unpaired) electrons. The largest absolute Gasteiger partial charge is 0.241 e. The minimum atomic E-state index is 0.559. The Morgan fingerprint density at radius 3 is 2.26 bits per heavy atom. The molecular weight excluding hydrogens is 234 g/mol. The van der Waals surface area contributed by atoms with Crippen molar-refractivity contribution in [2.24, 2.45) is 23.7 Å². The quantitative estimate of drug-likeness (QED) is 0.772. The Bertz CT molecular complexity index is 530. The van der Waals surface area contributed by atoms with E-state index >= 15 is 0 Å². The number of nitrogens with zero attached hydrogens (tertiary/aromatic N) is 3. The second kappa shape index (κ2) is 4.03. The van der Waals surface area contributed by atoms with E-state index in [4.69, 9.17) is 0 Å². The fourth-order valence-corrected chi connectivity index (χ4v) is 5.37. The SMILES string of the molecule is Cc1ncnc(C#N)c1C1C2CC3CC(C2)CC1C3. The van der Waals surface area contributed by atoms with E-state index in [1.165, 1.54) is 44.0 Å². The van der Waals surface area contributed by atoms with Crippen LogP contribution in [0.25, 0.3) is 0 Å². The highest BCUT2D eigenvalue weighted by molar-refractivity contribution is 5.38. The average Bonchev–Trinajstić information content (AvgIpc) is 2.39. The van der Waals surface area contributed by atoms with Gasteiger partial charge in [-0.15, -0.1) is 0 Å². The predicted molar refractivity (Wildman–Crippen MR) is 71.3 cm³/mol. The third kappa shape index (κ3) is 1.62. The Hall–Kier alpha value is -1.43. The van der Waals surface area contributed by atoms with E-state index in [0.29, 0.717) is 11.6 Å². The van der Waals surface area contributed by atoms with Gasteiger partial charge in [-0.2, -0.15) is 5.26 Å².